The molecule has 0 aliphatic carbocycles. The maximum atomic E-state index is 11.4. The Morgan fingerprint density at radius 3 is 2.59 bits per heavy atom. The van der Waals surface area contributed by atoms with Crippen molar-refractivity contribution in [3.8, 4) is 0 Å². The molecular formula is C11H23N3O3. The molecule has 0 unspecified atom stereocenters. The van der Waals surface area contributed by atoms with Crippen molar-refractivity contribution in [2.24, 2.45) is 11.5 Å². The molecule has 0 saturated heterocycles. The second-order valence-electron chi connectivity index (χ2n) is 3.87. The summed E-state index contributed by atoms with van der Waals surface area (Å²) in [6.07, 6.45) is 3.10. The van der Waals surface area contributed by atoms with Gasteiger partial charge >= 0.3 is 6.09 Å². The third-order valence-corrected chi connectivity index (χ3v) is 2.26. The van der Waals surface area contributed by atoms with Crippen LogP contribution in [0.1, 0.15) is 39.0 Å². The highest BCUT2D eigenvalue weighted by Crippen LogP contribution is 1.98. The van der Waals surface area contributed by atoms with Crippen LogP contribution in [-0.2, 0) is 9.53 Å². The van der Waals surface area contributed by atoms with Crippen molar-refractivity contribution in [3.05, 3.63) is 0 Å². The van der Waals surface area contributed by atoms with E-state index in [1.165, 1.54) is 0 Å². The third kappa shape index (κ3) is 8.65. The number of nitrogens with two attached hydrogens (primary N) is 2. The fourth-order valence-electron chi connectivity index (χ4n) is 1.18. The van der Waals surface area contributed by atoms with E-state index in [0.717, 1.165) is 25.7 Å². The molecule has 5 N–H and O–H groups in total. The molecule has 0 aliphatic rings. The van der Waals surface area contributed by atoms with E-state index in [1.807, 2.05) is 6.92 Å². The Balaban J connectivity index is 3.71. The van der Waals surface area contributed by atoms with Crippen molar-refractivity contribution in [1.82, 2.24) is 5.32 Å². The Kier molecular flexibility index (Phi) is 9.37. The molecular weight excluding hydrogens is 222 g/mol. The minimum absolute atomic E-state index is 0.317. The first-order valence-electron chi connectivity index (χ1n) is 6.05. The van der Waals surface area contributed by atoms with Crippen molar-refractivity contribution in [2.75, 3.05) is 13.2 Å². The number of ether oxygens (including phenoxy) is 1. The summed E-state index contributed by atoms with van der Waals surface area (Å²) in [6.45, 7) is 2.88. The molecule has 0 aromatic heterocycles. The molecule has 1 atom stereocenters. The van der Waals surface area contributed by atoms with Gasteiger partial charge in [0.25, 0.3) is 0 Å². The number of carbonyl (C=O) groups excluding carboxylic acids is 2. The van der Waals surface area contributed by atoms with E-state index in [4.69, 9.17) is 16.2 Å². The quantitative estimate of drug-likeness (QED) is 0.540. The predicted octanol–water partition coefficient (Wildman–Crippen LogP) is 0.496. The Morgan fingerprint density at radius 2 is 2.00 bits per heavy atom. The Morgan fingerprint density at radius 1 is 1.29 bits per heavy atom. The van der Waals surface area contributed by atoms with E-state index in [2.05, 4.69) is 5.32 Å². The van der Waals surface area contributed by atoms with Crippen LogP contribution in [-0.4, -0.2) is 31.2 Å². The zero-order valence-electron chi connectivity index (χ0n) is 10.4. The number of hydrogen-bond donors (Lipinski definition) is 3. The zero-order chi connectivity index (χ0) is 13.1. The molecule has 100 valence electrons. The van der Waals surface area contributed by atoms with Gasteiger partial charge < -0.3 is 16.2 Å². The molecule has 6 heteroatoms. The topological polar surface area (TPSA) is 107 Å². The summed E-state index contributed by atoms with van der Waals surface area (Å²) in [6, 6.07) is -0.680. The van der Waals surface area contributed by atoms with Gasteiger partial charge in [0.2, 0.25) is 5.91 Å². The Bertz CT molecular complexity index is 234. The molecule has 0 aromatic carbocycles. The lowest BCUT2D eigenvalue weighted by atomic mass is 10.1. The van der Waals surface area contributed by atoms with E-state index >= 15 is 0 Å². The van der Waals surface area contributed by atoms with Crippen molar-refractivity contribution in [2.45, 2.75) is 45.1 Å². The maximum absolute atomic E-state index is 11.4. The molecule has 0 aromatic rings. The minimum Gasteiger partial charge on any atom is -0.449 e. The van der Waals surface area contributed by atoms with Crippen LogP contribution in [0.3, 0.4) is 0 Å². The smallest absolute Gasteiger partial charge is 0.413 e. The molecule has 0 rings (SSSR count). The summed E-state index contributed by atoms with van der Waals surface area (Å²) in [7, 11) is 0. The van der Waals surface area contributed by atoms with Gasteiger partial charge in [0, 0.05) is 0 Å². The van der Waals surface area contributed by atoms with Crippen LogP contribution in [0.5, 0.6) is 0 Å². The molecule has 0 spiro atoms. The van der Waals surface area contributed by atoms with Crippen LogP contribution in [0, 0.1) is 0 Å². The van der Waals surface area contributed by atoms with Gasteiger partial charge in [-0.05, 0) is 25.8 Å². The SMILES string of the molecule is CCCCOC(=O)NC(=O)[C@@H](N)CCCCN. The van der Waals surface area contributed by atoms with Gasteiger partial charge in [-0.3, -0.25) is 10.1 Å². The van der Waals surface area contributed by atoms with Crippen molar-refractivity contribution in [1.29, 1.82) is 0 Å². The van der Waals surface area contributed by atoms with Gasteiger partial charge in [-0.25, -0.2) is 4.79 Å². The number of unbranched alkanes of at least 4 members (excludes halogenated alkanes) is 2. The summed E-state index contributed by atoms with van der Waals surface area (Å²) >= 11 is 0. The van der Waals surface area contributed by atoms with E-state index in [9.17, 15) is 9.59 Å². The Labute approximate surface area is 102 Å². The molecule has 17 heavy (non-hydrogen) atoms. The molecule has 6 nitrogen and oxygen atoms in total. The summed E-state index contributed by atoms with van der Waals surface area (Å²) in [5.74, 6) is -0.497. The van der Waals surface area contributed by atoms with Gasteiger partial charge in [0.15, 0.2) is 0 Å². The lowest BCUT2D eigenvalue weighted by Gasteiger charge is -2.11. The second-order valence-corrected chi connectivity index (χ2v) is 3.87. The lowest BCUT2D eigenvalue weighted by molar-refractivity contribution is -0.121. The van der Waals surface area contributed by atoms with Gasteiger partial charge in [-0.1, -0.05) is 19.8 Å². The number of amides is 2. The summed E-state index contributed by atoms with van der Waals surface area (Å²) in [4.78, 5) is 22.5. The van der Waals surface area contributed by atoms with E-state index in [-0.39, 0.29) is 0 Å². The van der Waals surface area contributed by atoms with Gasteiger partial charge in [0.1, 0.15) is 0 Å². The first kappa shape index (κ1) is 15.9. The number of hydrogen-bond acceptors (Lipinski definition) is 5. The van der Waals surface area contributed by atoms with Crippen molar-refractivity contribution >= 4 is 12.0 Å². The van der Waals surface area contributed by atoms with Gasteiger partial charge in [0.05, 0.1) is 12.6 Å². The lowest BCUT2D eigenvalue weighted by Crippen LogP contribution is -2.43. The fourth-order valence-corrected chi connectivity index (χ4v) is 1.18. The van der Waals surface area contributed by atoms with Crippen LogP contribution in [0.2, 0.25) is 0 Å². The number of nitrogens with one attached hydrogen (secondary N) is 1. The van der Waals surface area contributed by atoms with E-state index in [1.54, 1.807) is 0 Å². The van der Waals surface area contributed by atoms with Gasteiger partial charge in [-0.15, -0.1) is 0 Å². The monoisotopic (exact) mass is 245 g/mol. The average Bonchev–Trinajstić information content (AvgIpc) is 2.29. The number of alkyl carbamates (subject to hydrolysis) is 1. The first-order chi connectivity index (χ1) is 8.11. The second kappa shape index (κ2) is 10.0. The minimum atomic E-state index is -0.724. The molecule has 0 radical (unpaired) electrons. The first-order valence-corrected chi connectivity index (χ1v) is 6.05. The van der Waals surface area contributed by atoms with Crippen molar-refractivity contribution < 1.29 is 14.3 Å². The molecule has 0 fully saturated rings. The maximum Gasteiger partial charge on any atom is 0.413 e. The zero-order valence-corrected chi connectivity index (χ0v) is 10.4. The average molecular weight is 245 g/mol. The van der Waals surface area contributed by atoms with E-state index < -0.39 is 18.0 Å². The van der Waals surface area contributed by atoms with Crippen LogP contribution >= 0.6 is 0 Å². The van der Waals surface area contributed by atoms with Crippen LogP contribution in [0.15, 0.2) is 0 Å². The highest BCUT2D eigenvalue weighted by atomic mass is 16.5. The number of imide groups is 1. The molecule has 0 saturated carbocycles. The summed E-state index contributed by atoms with van der Waals surface area (Å²) in [5, 5.41) is 2.11. The van der Waals surface area contributed by atoms with E-state index in [0.29, 0.717) is 19.6 Å². The molecule has 0 aliphatic heterocycles. The summed E-state index contributed by atoms with van der Waals surface area (Å²) in [5.41, 5.74) is 10.9. The van der Waals surface area contributed by atoms with Crippen LogP contribution < -0.4 is 16.8 Å². The summed E-state index contributed by atoms with van der Waals surface area (Å²) < 4.78 is 4.78. The van der Waals surface area contributed by atoms with Crippen LogP contribution in [0.25, 0.3) is 0 Å². The highest BCUT2D eigenvalue weighted by molar-refractivity contribution is 5.94. The third-order valence-electron chi connectivity index (χ3n) is 2.26. The molecule has 2 amide bonds. The molecule has 0 bridgehead atoms. The number of rotatable bonds is 8. The highest BCUT2D eigenvalue weighted by Gasteiger charge is 2.16. The standard InChI is InChI=1S/C11H23N3O3/c1-2-3-8-17-11(16)14-10(15)9(13)6-4-5-7-12/h9H,2-8,12-13H2,1H3,(H,14,15,16)/t9-/m0/s1. The van der Waals surface area contributed by atoms with Crippen molar-refractivity contribution in [3.63, 3.8) is 0 Å². The predicted molar refractivity (Wildman–Crippen MR) is 65.3 cm³/mol. The van der Waals surface area contributed by atoms with Crippen LogP contribution in [0.4, 0.5) is 4.79 Å². The molecule has 0 heterocycles. The largest absolute Gasteiger partial charge is 0.449 e. The van der Waals surface area contributed by atoms with Gasteiger partial charge in [-0.2, -0.15) is 0 Å². The fraction of sp³-hybridized carbons (Fsp3) is 0.818. The normalized spacial score (nSPS) is 11.9. The number of carbonyl (C=O) groups is 2. The Hall–Kier alpha value is -1.14.